The Balaban J connectivity index is 2.99. The predicted molar refractivity (Wildman–Crippen MR) is 68.4 cm³/mol. The zero-order chi connectivity index (χ0) is 13.6. The second-order valence-corrected chi connectivity index (χ2v) is 5.47. The molecule has 0 atom stereocenters. The van der Waals surface area contributed by atoms with Gasteiger partial charge in [0.05, 0.1) is 6.07 Å². The summed E-state index contributed by atoms with van der Waals surface area (Å²) >= 11 is 0. The Labute approximate surface area is 107 Å². The number of nitrogens with zero attached hydrogens (tertiary/aromatic N) is 3. The highest BCUT2D eigenvalue weighted by Gasteiger charge is 2.22. The van der Waals surface area contributed by atoms with Crippen LogP contribution in [0.2, 0.25) is 0 Å². The third-order valence-electron chi connectivity index (χ3n) is 2.46. The van der Waals surface area contributed by atoms with Gasteiger partial charge < -0.3 is 5.32 Å². The van der Waals surface area contributed by atoms with Gasteiger partial charge in [0.2, 0.25) is 10.0 Å². The summed E-state index contributed by atoms with van der Waals surface area (Å²) in [5, 5.41) is 11.3. The van der Waals surface area contributed by atoms with E-state index in [4.69, 9.17) is 5.26 Å². The molecule has 1 aromatic heterocycles. The number of rotatable bonds is 6. The predicted octanol–water partition coefficient (Wildman–Crippen LogP) is 1.05. The molecular weight excluding hydrogens is 252 g/mol. The van der Waals surface area contributed by atoms with Crippen LogP contribution in [0.3, 0.4) is 0 Å². The number of aromatic nitrogens is 1. The van der Waals surface area contributed by atoms with Crippen LogP contribution in [0.4, 0.5) is 5.82 Å². The van der Waals surface area contributed by atoms with E-state index in [0.29, 0.717) is 12.4 Å². The van der Waals surface area contributed by atoms with Gasteiger partial charge in [-0.15, -0.1) is 0 Å². The third-order valence-corrected chi connectivity index (χ3v) is 4.41. The van der Waals surface area contributed by atoms with Crippen molar-refractivity contribution in [2.75, 3.05) is 25.5 Å². The van der Waals surface area contributed by atoms with Crippen molar-refractivity contribution in [2.24, 2.45) is 0 Å². The van der Waals surface area contributed by atoms with E-state index in [-0.39, 0.29) is 17.9 Å². The van der Waals surface area contributed by atoms with Crippen molar-refractivity contribution >= 4 is 15.8 Å². The number of hydrogen-bond donors (Lipinski definition) is 1. The maximum atomic E-state index is 12.2. The molecule has 0 unspecified atom stereocenters. The van der Waals surface area contributed by atoms with Gasteiger partial charge in [-0.25, -0.2) is 13.4 Å². The largest absolute Gasteiger partial charge is 0.373 e. The van der Waals surface area contributed by atoms with E-state index >= 15 is 0 Å². The van der Waals surface area contributed by atoms with Crippen LogP contribution < -0.4 is 5.32 Å². The minimum atomic E-state index is -3.56. The molecule has 18 heavy (non-hydrogen) atoms. The fraction of sp³-hybridized carbons (Fsp3) is 0.455. The van der Waals surface area contributed by atoms with Crippen LogP contribution in [-0.4, -0.2) is 37.8 Å². The average Bonchev–Trinajstić information content (AvgIpc) is 2.39. The third kappa shape index (κ3) is 3.18. The molecule has 0 saturated heterocycles. The van der Waals surface area contributed by atoms with E-state index in [1.807, 2.05) is 6.07 Å². The Morgan fingerprint density at radius 1 is 1.50 bits per heavy atom. The molecular formula is C11H16N4O2S. The molecule has 98 valence electrons. The van der Waals surface area contributed by atoms with Crippen molar-refractivity contribution < 1.29 is 8.42 Å². The molecule has 0 aromatic carbocycles. The van der Waals surface area contributed by atoms with E-state index in [9.17, 15) is 8.42 Å². The Kier molecular flexibility index (Phi) is 5.07. The lowest BCUT2D eigenvalue weighted by atomic mass is 10.4. The smallest absolute Gasteiger partial charge is 0.244 e. The summed E-state index contributed by atoms with van der Waals surface area (Å²) in [7, 11) is -1.85. The molecule has 0 amide bonds. The molecule has 0 fully saturated rings. The van der Waals surface area contributed by atoms with Crippen LogP contribution in [-0.2, 0) is 10.0 Å². The zero-order valence-electron chi connectivity index (χ0n) is 10.4. The second-order valence-electron chi connectivity index (χ2n) is 3.53. The summed E-state index contributed by atoms with van der Waals surface area (Å²) in [5.41, 5.74) is 0. The Morgan fingerprint density at radius 2 is 2.22 bits per heavy atom. The maximum absolute atomic E-state index is 12.2. The molecule has 0 spiro atoms. The van der Waals surface area contributed by atoms with Gasteiger partial charge in [0.15, 0.2) is 0 Å². The Hall–Kier alpha value is -1.65. The molecule has 0 aliphatic carbocycles. The average molecular weight is 268 g/mol. The van der Waals surface area contributed by atoms with Crippen molar-refractivity contribution in [3.05, 3.63) is 18.3 Å². The molecule has 0 bridgehead atoms. The summed E-state index contributed by atoms with van der Waals surface area (Å²) in [6, 6.07) is 5.05. The monoisotopic (exact) mass is 268 g/mol. The van der Waals surface area contributed by atoms with E-state index < -0.39 is 10.0 Å². The van der Waals surface area contributed by atoms with E-state index in [1.165, 1.54) is 16.6 Å². The number of nitrogens with one attached hydrogen (secondary N) is 1. The first-order chi connectivity index (χ1) is 8.56. The van der Waals surface area contributed by atoms with Gasteiger partial charge in [0.1, 0.15) is 10.7 Å². The van der Waals surface area contributed by atoms with Crippen LogP contribution in [0.1, 0.15) is 13.3 Å². The lowest BCUT2D eigenvalue weighted by Gasteiger charge is -2.18. The van der Waals surface area contributed by atoms with Gasteiger partial charge in [0.25, 0.3) is 0 Å². The van der Waals surface area contributed by atoms with Gasteiger partial charge >= 0.3 is 0 Å². The fourth-order valence-corrected chi connectivity index (χ4v) is 2.85. The van der Waals surface area contributed by atoms with Gasteiger partial charge in [-0.05, 0) is 12.1 Å². The quantitative estimate of drug-likeness (QED) is 0.833. The molecule has 1 N–H and O–H groups in total. The van der Waals surface area contributed by atoms with Crippen molar-refractivity contribution in [3.63, 3.8) is 0 Å². The highest BCUT2D eigenvalue weighted by Crippen LogP contribution is 2.16. The number of sulfonamides is 1. The van der Waals surface area contributed by atoms with E-state index in [2.05, 4.69) is 10.3 Å². The summed E-state index contributed by atoms with van der Waals surface area (Å²) < 4.78 is 25.7. The van der Waals surface area contributed by atoms with Crippen molar-refractivity contribution in [1.82, 2.24) is 9.29 Å². The van der Waals surface area contributed by atoms with Crippen LogP contribution in [0, 0.1) is 11.3 Å². The Bertz CT molecular complexity index is 519. The molecule has 0 saturated carbocycles. The summed E-state index contributed by atoms with van der Waals surface area (Å²) in [6.07, 6.45) is 1.49. The first-order valence-corrected chi connectivity index (χ1v) is 7.01. The molecule has 0 aliphatic heterocycles. The number of anilines is 1. The zero-order valence-corrected chi connectivity index (χ0v) is 11.2. The molecule has 0 aliphatic rings. The van der Waals surface area contributed by atoms with Gasteiger partial charge in [-0.1, -0.05) is 6.92 Å². The first kappa shape index (κ1) is 14.4. The van der Waals surface area contributed by atoms with Crippen LogP contribution in [0.15, 0.2) is 23.2 Å². The second kappa shape index (κ2) is 6.33. The van der Waals surface area contributed by atoms with E-state index in [0.717, 1.165) is 0 Å². The first-order valence-electron chi connectivity index (χ1n) is 5.57. The number of hydrogen-bond acceptors (Lipinski definition) is 5. The number of pyridine rings is 1. The normalized spacial score (nSPS) is 11.2. The summed E-state index contributed by atoms with van der Waals surface area (Å²) in [6.45, 7) is 2.27. The molecule has 1 aromatic rings. The topological polar surface area (TPSA) is 86.1 Å². The van der Waals surface area contributed by atoms with E-state index in [1.54, 1.807) is 20.0 Å². The minimum absolute atomic E-state index is 0.140. The molecule has 7 heteroatoms. The highest BCUT2D eigenvalue weighted by atomic mass is 32.2. The Morgan fingerprint density at radius 3 is 2.67 bits per heavy atom. The van der Waals surface area contributed by atoms with Gasteiger partial charge in [-0.2, -0.15) is 9.57 Å². The van der Waals surface area contributed by atoms with Crippen LogP contribution in [0.5, 0.6) is 0 Å². The lowest BCUT2D eigenvalue weighted by molar-refractivity contribution is 0.435. The lowest BCUT2D eigenvalue weighted by Crippen LogP contribution is -2.31. The molecule has 6 nitrogen and oxygen atoms in total. The van der Waals surface area contributed by atoms with Crippen molar-refractivity contribution in [1.29, 1.82) is 5.26 Å². The fourth-order valence-electron chi connectivity index (χ4n) is 1.45. The highest BCUT2D eigenvalue weighted by molar-refractivity contribution is 7.89. The molecule has 1 rings (SSSR count). The van der Waals surface area contributed by atoms with Crippen LogP contribution >= 0.6 is 0 Å². The maximum Gasteiger partial charge on any atom is 0.244 e. The molecule has 0 radical (unpaired) electrons. The summed E-state index contributed by atoms with van der Waals surface area (Å²) in [4.78, 5) is 4.12. The summed E-state index contributed by atoms with van der Waals surface area (Å²) in [5.74, 6) is 0.606. The van der Waals surface area contributed by atoms with Gasteiger partial charge in [0, 0.05) is 32.8 Å². The van der Waals surface area contributed by atoms with Crippen molar-refractivity contribution in [2.45, 2.75) is 18.2 Å². The minimum Gasteiger partial charge on any atom is -0.373 e. The van der Waals surface area contributed by atoms with Gasteiger partial charge in [-0.3, -0.25) is 0 Å². The van der Waals surface area contributed by atoms with Crippen molar-refractivity contribution in [3.8, 4) is 6.07 Å². The number of nitriles is 1. The SMILES string of the molecule is CCN(CCC#N)S(=O)(=O)c1ccc(NC)nc1. The molecule has 1 heterocycles. The standard InChI is InChI=1S/C11H16N4O2S/c1-3-15(8-4-7-12)18(16,17)10-5-6-11(13-2)14-9-10/h5-6,9H,3-4,8H2,1-2H3,(H,13,14). The van der Waals surface area contributed by atoms with Crippen LogP contribution in [0.25, 0.3) is 0 Å².